The minimum absolute atomic E-state index is 0.0483. The lowest BCUT2D eigenvalue weighted by molar-refractivity contribution is -0.133. The van der Waals surface area contributed by atoms with E-state index in [4.69, 9.17) is 9.47 Å². The number of ether oxygens (including phenoxy) is 2. The molecule has 0 radical (unpaired) electrons. The van der Waals surface area contributed by atoms with E-state index in [2.05, 4.69) is 4.72 Å². The number of hydrogen-bond donors (Lipinski definition) is 1. The van der Waals surface area contributed by atoms with Crippen LogP contribution < -0.4 is 14.2 Å². The Bertz CT molecular complexity index is 705. The van der Waals surface area contributed by atoms with Crippen LogP contribution >= 0.6 is 0 Å². The second-order valence-electron chi connectivity index (χ2n) is 5.99. The van der Waals surface area contributed by atoms with Crippen molar-refractivity contribution in [3.05, 3.63) is 18.2 Å². The minimum atomic E-state index is -3.90. The number of amides is 1. The fraction of sp³-hybridized carbons (Fsp3) is 0.588. The van der Waals surface area contributed by atoms with Crippen molar-refractivity contribution in [3.8, 4) is 11.5 Å². The lowest BCUT2D eigenvalue weighted by atomic mass is 10.00. The quantitative estimate of drug-likeness (QED) is 0.791. The van der Waals surface area contributed by atoms with E-state index >= 15 is 0 Å². The van der Waals surface area contributed by atoms with Gasteiger partial charge in [-0.3, -0.25) is 4.79 Å². The maximum absolute atomic E-state index is 12.6. The average Bonchev–Trinajstić information content (AvgIpc) is 2.65. The first-order valence-electron chi connectivity index (χ1n) is 8.44. The molecule has 25 heavy (non-hydrogen) atoms. The molecule has 0 spiro atoms. The molecule has 140 valence electrons. The van der Waals surface area contributed by atoms with Crippen LogP contribution in [0, 0.1) is 0 Å². The number of likely N-dealkylation sites (tertiary alicyclic amines) is 1. The summed E-state index contributed by atoms with van der Waals surface area (Å²) in [6.07, 6.45) is 3.91. The van der Waals surface area contributed by atoms with Crippen molar-refractivity contribution in [3.63, 3.8) is 0 Å². The summed E-state index contributed by atoms with van der Waals surface area (Å²) in [5.74, 6) is 0.400. The smallest absolute Gasteiger partial charge is 0.244 e. The van der Waals surface area contributed by atoms with Gasteiger partial charge in [-0.25, -0.2) is 13.1 Å². The summed E-state index contributed by atoms with van der Waals surface area (Å²) in [4.78, 5) is 14.2. The SMILES string of the molecule is CCC1CCCCN1C(=O)CNS(=O)(=O)c1cc(OC)ccc1OC. The van der Waals surface area contributed by atoms with Crippen molar-refractivity contribution >= 4 is 15.9 Å². The number of carbonyl (C=O) groups excluding carboxylic acids is 1. The van der Waals surface area contributed by atoms with Crippen molar-refractivity contribution in [1.82, 2.24) is 9.62 Å². The standard InChI is InChI=1S/C17H26N2O5S/c1-4-13-7-5-6-10-19(13)17(20)12-18-25(21,22)16-11-14(23-2)8-9-15(16)24-3/h8-9,11,13,18H,4-7,10,12H2,1-3H3. The highest BCUT2D eigenvalue weighted by atomic mass is 32.2. The number of nitrogens with one attached hydrogen (secondary N) is 1. The molecule has 1 fully saturated rings. The van der Waals surface area contributed by atoms with Gasteiger partial charge < -0.3 is 14.4 Å². The molecule has 1 N–H and O–H groups in total. The average molecular weight is 370 g/mol. The van der Waals surface area contributed by atoms with Crippen LogP contribution in [0.25, 0.3) is 0 Å². The van der Waals surface area contributed by atoms with Gasteiger partial charge in [-0.2, -0.15) is 0 Å². The molecule has 1 heterocycles. The molecular weight excluding hydrogens is 344 g/mol. The van der Waals surface area contributed by atoms with Crippen molar-refractivity contribution in [1.29, 1.82) is 0 Å². The molecule has 1 aliphatic heterocycles. The van der Waals surface area contributed by atoms with Gasteiger partial charge in [0, 0.05) is 18.7 Å². The second kappa shape index (κ2) is 8.53. The third kappa shape index (κ3) is 4.64. The van der Waals surface area contributed by atoms with Crippen LogP contribution in [0.5, 0.6) is 11.5 Å². The highest BCUT2D eigenvalue weighted by Crippen LogP contribution is 2.28. The van der Waals surface area contributed by atoms with Crippen LogP contribution in [-0.4, -0.2) is 52.6 Å². The number of sulfonamides is 1. The number of methoxy groups -OCH3 is 2. The van der Waals surface area contributed by atoms with Gasteiger partial charge in [-0.05, 0) is 37.8 Å². The normalized spacial score (nSPS) is 18.0. The summed E-state index contributed by atoms with van der Waals surface area (Å²) in [7, 11) is -1.05. The lowest BCUT2D eigenvalue weighted by Crippen LogP contribution is -2.47. The number of benzene rings is 1. The van der Waals surface area contributed by atoms with Crippen molar-refractivity contribution in [2.24, 2.45) is 0 Å². The Labute approximate surface area is 149 Å². The predicted molar refractivity (Wildman–Crippen MR) is 94.4 cm³/mol. The molecule has 8 heteroatoms. The Morgan fingerprint density at radius 3 is 2.68 bits per heavy atom. The molecule has 1 saturated heterocycles. The molecule has 2 rings (SSSR count). The number of carbonyl (C=O) groups is 1. The van der Waals surface area contributed by atoms with Crippen LogP contribution in [0.4, 0.5) is 0 Å². The Hall–Kier alpha value is -1.80. The zero-order valence-corrected chi connectivity index (χ0v) is 15.8. The van der Waals surface area contributed by atoms with Gasteiger partial charge in [0.25, 0.3) is 0 Å². The Morgan fingerprint density at radius 1 is 1.28 bits per heavy atom. The minimum Gasteiger partial charge on any atom is -0.497 e. The first-order chi connectivity index (χ1) is 11.9. The number of piperidine rings is 1. The maximum Gasteiger partial charge on any atom is 0.244 e. The molecule has 1 aliphatic rings. The fourth-order valence-electron chi connectivity index (χ4n) is 3.08. The lowest BCUT2D eigenvalue weighted by Gasteiger charge is -2.35. The first-order valence-corrected chi connectivity index (χ1v) is 9.92. The molecule has 7 nitrogen and oxygen atoms in total. The third-order valence-corrected chi connectivity index (χ3v) is 5.91. The molecule has 1 unspecified atom stereocenters. The van der Waals surface area contributed by atoms with E-state index in [9.17, 15) is 13.2 Å². The van der Waals surface area contributed by atoms with Crippen LogP contribution in [0.1, 0.15) is 32.6 Å². The summed E-state index contributed by atoms with van der Waals surface area (Å²) in [5.41, 5.74) is 0. The van der Waals surface area contributed by atoms with E-state index in [0.29, 0.717) is 12.3 Å². The molecule has 1 amide bonds. The molecule has 1 aromatic carbocycles. The number of rotatable bonds is 7. The first kappa shape index (κ1) is 19.5. The van der Waals surface area contributed by atoms with Gasteiger partial charge in [-0.15, -0.1) is 0 Å². The third-order valence-electron chi connectivity index (χ3n) is 4.49. The molecule has 0 aliphatic carbocycles. The molecule has 1 atom stereocenters. The van der Waals surface area contributed by atoms with E-state index in [1.54, 1.807) is 11.0 Å². The van der Waals surface area contributed by atoms with E-state index in [1.807, 2.05) is 6.92 Å². The summed E-state index contributed by atoms with van der Waals surface area (Å²) in [5, 5.41) is 0. The van der Waals surface area contributed by atoms with Crippen molar-refractivity contribution in [2.45, 2.75) is 43.5 Å². The Morgan fingerprint density at radius 2 is 2.04 bits per heavy atom. The summed E-state index contributed by atoms with van der Waals surface area (Å²) in [6.45, 7) is 2.46. The van der Waals surface area contributed by atoms with Crippen molar-refractivity contribution < 1.29 is 22.7 Å². The van der Waals surface area contributed by atoms with Gasteiger partial charge in [0.05, 0.1) is 20.8 Å². The summed E-state index contributed by atoms with van der Waals surface area (Å²) < 4.78 is 37.8. The maximum atomic E-state index is 12.6. The van der Waals surface area contributed by atoms with Crippen LogP contribution in [-0.2, 0) is 14.8 Å². The zero-order chi connectivity index (χ0) is 18.4. The molecule has 0 saturated carbocycles. The molecular formula is C17H26N2O5S. The predicted octanol–water partition coefficient (Wildman–Crippen LogP) is 1.77. The van der Waals surface area contributed by atoms with Gasteiger partial charge in [0.2, 0.25) is 15.9 Å². The fourth-order valence-corrected chi connectivity index (χ4v) is 4.24. The topological polar surface area (TPSA) is 84.9 Å². The van der Waals surface area contributed by atoms with E-state index in [0.717, 1.165) is 25.7 Å². The van der Waals surface area contributed by atoms with Gasteiger partial charge >= 0.3 is 0 Å². The van der Waals surface area contributed by atoms with Gasteiger partial charge in [0.15, 0.2) is 0 Å². The van der Waals surface area contributed by atoms with Crippen LogP contribution in [0.2, 0.25) is 0 Å². The summed E-state index contributed by atoms with van der Waals surface area (Å²) in [6, 6.07) is 4.70. The number of nitrogens with zero attached hydrogens (tertiary/aromatic N) is 1. The molecule has 0 aromatic heterocycles. The van der Waals surface area contributed by atoms with Crippen molar-refractivity contribution in [2.75, 3.05) is 27.3 Å². The zero-order valence-electron chi connectivity index (χ0n) is 14.9. The van der Waals surface area contributed by atoms with Crippen LogP contribution in [0.15, 0.2) is 23.1 Å². The molecule has 0 bridgehead atoms. The Balaban J connectivity index is 2.12. The second-order valence-corrected chi connectivity index (χ2v) is 7.72. The van der Waals surface area contributed by atoms with E-state index in [-0.39, 0.29) is 29.1 Å². The number of hydrogen-bond acceptors (Lipinski definition) is 5. The largest absolute Gasteiger partial charge is 0.497 e. The van der Waals surface area contributed by atoms with Gasteiger partial charge in [-0.1, -0.05) is 6.92 Å². The van der Waals surface area contributed by atoms with E-state index in [1.165, 1.54) is 26.4 Å². The van der Waals surface area contributed by atoms with Crippen LogP contribution in [0.3, 0.4) is 0 Å². The summed E-state index contributed by atoms with van der Waals surface area (Å²) >= 11 is 0. The van der Waals surface area contributed by atoms with Gasteiger partial charge in [0.1, 0.15) is 16.4 Å². The molecule has 1 aromatic rings. The van der Waals surface area contributed by atoms with E-state index < -0.39 is 10.0 Å². The highest BCUT2D eigenvalue weighted by molar-refractivity contribution is 7.89. The Kier molecular flexibility index (Phi) is 6.66. The highest BCUT2D eigenvalue weighted by Gasteiger charge is 2.27. The monoisotopic (exact) mass is 370 g/mol.